The molecule has 0 N–H and O–H groups in total. The summed E-state index contributed by atoms with van der Waals surface area (Å²) in [6, 6.07) is 1.19. The molecule has 0 amide bonds. The standard InChI is InChI=1S/C9H5F4N/c1-14-3-2-4-5(10)6(11)7(12)8(13)9(4)14/h2-3H,1H3. The first kappa shape index (κ1) is 9.05. The van der Waals surface area contributed by atoms with Crippen molar-refractivity contribution in [1.82, 2.24) is 4.57 Å². The molecule has 0 saturated heterocycles. The van der Waals surface area contributed by atoms with Crippen LogP contribution in [0.15, 0.2) is 12.3 Å². The van der Waals surface area contributed by atoms with Gasteiger partial charge >= 0.3 is 0 Å². The molecular weight excluding hydrogens is 198 g/mol. The molecule has 1 nitrogen and oxygen atoms in total. The third-order valence-electron chi connectivity index (χ3n) is 2.10. The predicted molar refractivity (Wildman–Crippen MR) is 42.8 cm³/mol. The second-order valence-corrected chi connectivity index (χ2v) is 2.94. The van der Waals surface area contributed by atoms with Crippen LogP contribution in [0, 0.1) is 23.3 Å². The van der Waals surface area contributed by atoms with Gasteiger partial charge in [0.15, 0.2) is 23.3 Å². The van der Waals surface area contributed by atoms with Gasteiger partial charge in [0.1, 0.15) is 0 Å². The molecule has 0 bridgehead atoms. The fourth-order valence-electron chi connectivity index (χ4n) is 1.39. The van der Waals surface area contributed by atoms with Crippen molar-refractivity contribution < 1.29 is 17.6 Å². The number of fused-ring (bicyclic) bond motifs is 1. The fourth-order valence-corrected chi connectivity index (χ4v) is 1.39. The summed E-state index contributed by atoms with van der Waals surface area (Å²) in [5, 5.41) is -0.260. The van der Waals surface area contributed by atoms with Crippen molar-refractivity contribution in [3.05, 3.63) is 35.5 Å². The van der Waals surface area contributed by atoms with Crippen molar-refractivity contribution in [3.8, 4) is 0 Å². The summed E-state index contributed by atoms with van der Waals surface area (Å²) in [5.74, 6) is -6.29. The van der Waals surface area contributed by atoms with E-state index < -0.39 is 23.3 Å². The predicted octanol–water partition coefficient (Wildman–Crippen LogP) is 2.73. The zero-order valence-corrected chi connectivity index (χ0v) is 7.11. The van der Waals surface area contributed by atoms with Gasteiger partial charge in [-0.1, -0.05) is 0 Å². The average Bonchev–Trinajstić information content (AvgIpc) is 2.54. The maximum Gasteiger partial charge on any atom is 0.199 e. The Bertz CT molecular complexity index is 515. The Balaban J connectivity index is 3.05. The van der Waals surface area contributed by atoms with Crippen LogP contribution in [-0.4, -0.2) is 4.57 Å². The molecular formula is C9H5F4N. The fraction of sp³-hybridized carbons (Fsp3) is 0.111. The minimum atomic E-state index is -1.78. The minimum Gasteiger partial charge on any atom is -0.348 e. The van der Waals surface area contributed by atoms with Crippen molar-refractivity contribution in [2.24, 2.45) is 7.05 Å². The summed E-state index contributed by atoms with van der Waals surface area (Å²) >= 11 is 0. The number of hydrogen-bond donors (Lipinski definition) is 0. The summed E-state index contributed by atoms with van der Waals surface area (Å²) < 4.78 is 52.9. The van der Waals surface area contributed by atoms with Crippen molar-refractivity contribution in [3.63, 3.8) is 0 Å². The molecule has 74 valence electrons. The molecule has 1 heterocycles. The normalized spacial score (nSPS) is 11.2. The largest absolute Gasteiger partial charge is 0.348 e. The molecule has 5 heteroatoms. The van der Waals surface area contributed by atoms with Gasteiger partial charge in [0, 0.05) is 18.6 Å². The quantitative estimate of drug-likeness (QED) is 0.352. The van der Waals surface area contributed by atoms with Gasteiger partial charge in [0.05, 0.1) is 5.52 Å². The molecule has 0 fully saturated rings. The first-order valence-electron chi connectivity index (χ1n) is 3.81. The number of rotatable bonds is 0. The van der Waals surface area contributed by atoms with Gasteiger partial charge in [-0.2, -0.15) is 0 Å². The number of nitrogens with zero attached hydrogens (tertiary/aromatic N) is 1. The van der Waals surface area contributed by atoms with Crippen LogP contribution in [0.5, 0.6) is 0 Å². The van der Waals surface area contributed by atoms with Crippen LogP contribution in [-0.2, 0) is 7.05 Å². The number of aromatic nitrogens is 1. The van der Waals surface area contributed by atoms with Gasteiger partial charge in [-0.25, -0.2) is 17.6 Å². The van der Waals surface area contributed by atoms with E-state index in [1.54, 1.807) is 0 Å². The highest BCUT2D eigenvalue weighted by Gasteiger charge is 2.21. The number of benzene rings is 1. The van der Waals surface area contributed by atoms with Crippen LogP contribution in [0.25, 0.3) is 10.9 Å². The Hall–Kier alpha value is -1.52. The lowest BCUT2D eigenvalue weighted by Gasteiger charge is -2.02. The molecule has 0 saturated carbocycles. The van der Waals surface area contributed by atoms with Crippen LogP contribution in [0.1, 0.15) is 0 Å². The van der Waals surface area contributed by atoms with E-state index in [0.717, 1.165) is 0 Å². The molecule has 0 unspecified atom stereocenters. The van der Waals surface area contributed by atoms with E-state index in [9.17, 15) is 17.6 Å². The van der Waals surface area contributed by atoms with E-state index in [1.807, 2.05) is 0 Å². The lowest BCUT2D eigenvalue weighted by molar-refractivity contribution is 0.416. The van der Waals surface area contributed by atoms with Gasteiger partial charge in [-0.15, -0.1) is 0 Å². The third kappa shape index (κ3) is 0.950. The van der Waals surface area contributed by atoms with E-state index in [4.69, 9.17) is 0 Å². The Kier molecular flexibility index (Phi) is 1.77. The molecule has 0 radical (unpaired) electrons. The van der Waals surface area contributed by atoms with Gasteiger partial charge in [0.2, 0.25) is 0 Å². The molecule has 0 aliphatic carbocycles. The highest BCUT2D eigenvalue weighted by Crippen LogP contribution is 2.26. The number of aryl methyl sites for hydroxylation is 1. The smallest absolute Gasteiger partial charge is 0.199 e. The van der Waals surface area contributed by atoms with E-state index in [0.29, 0.717) is 0 Å². The maximum absolute atomic E-state index is 13.1. The first-order chi connectivity index (χ1) is 6.54. The SMILES string of the molecule is Cn1ccc2c(F)c(F)c(F)c(F)c21. The summed E-state index contributed by atoms with van der Waals surface area (Å²) in [4.78, 5) is 0. The van der Waals surface area contributed by atoms with Crippen LogP contribution >= 0.6 is 0 Å². The van der Waals surface area contributed by atoms with E-state index >= 15 is 0 Å². The summed E-state index contributed by atoms with van der Waals surface area (Å²) in [7, 11) is 1.42. The zero-order chi connectivity index (χ0) is 10.5. The number of hydrogen-bond acceptors (Lipinski definition) is 0. The molecule has 0 aliphatic heterocycles. The Morgan fingerprint density at radius 3 is 2.14 bits per heavy atom. The molecule has 14 heavy (non-hydrogen) atoms. The second kappa shape index (κ2) is 2.73. The number of halogens is 4. The second-order valence-electron chi connectivity index (χ2n) is 2.94. The minimum absolute atomic E-state index is 0.260. The summed E-state index contributed by atoms with van der Waals surface area (Å²) in [5.41, 5.74) is -0.276. The lowest BCUT2D eigenvalue weighted by Crippen LogP contribution is -1.99. The summed E-state index contributed by atoms with van der Waals surface area (Å²) in [6.07, 6.45) is 1.33. The first-order valence-corrected chi connectivity index (χ1v) is 3.81. The Morgan fingerprint density at radius 2 is 1.50 bits per heavy atom. The van der Waals surface area contributed by atoms with Crippen molar-refractivity contribution in [2.75, 3.05) is 0 Å². The molecule has 2 aromatic rings. The summed E-state index contributed by atoms with van der Waals surface area (Å²) in [6.45, 7) is 0. The van der Waals surface area contributed by atoms with Crippen LogP contribution in [0.4, 0.5) is 17.6 Å². The van der Waals surface area contributed by atoms with Gasteiger partial charge < -0.3 is 4.57 Å². The van der Waals surface area contributed by atoms with E-state index in [1.165, 1.54) is 23.9 Å². The van der Waals surface area contributed by atoms with Crippen molar-refractivity contribution in [1.29, 1.82) is 0 Å². The van der Waals surface area contributed by atoms with Gasteiger partial charge in [0.25, 0.3) is 0 Å². The zero-order valence-electron chi connectivity index (χ0n) is 7.11. The highest BCUT2D eigenvalue weighted by molar-refractivity contribution is 5.81. The Morgan fingerprint density at radius 1 is 0.929 bits per heavy atom. The van der Waals surface area contributed by atoms with Gasteiger partial charge in [-0.3, -0.25) is 0 Å². The maximum atomic E-state index is 13.1. The van der Waals surface area contributed by atoms with Gasteiger partial charge in [-0.05, 0) is 6.07 Å². The molecule has 0 spiro atoms. The lowest BCUT2D eigenvalue weighted by atomic mass is 10.2. The van der Waals surface area contributed by atoms with Crippen molar-refractivity contribution >= 4 is 10.9 Å². The van der Waals surface area contributed by atoms with Crippen LogP contribution in [0.3, 0.4) is 0 Å². The molecule has 1 aromatic carbocycles. The topological polar surface area (TPSA) is 4.93 Å². The van der Waals surface area contributed by atoms with E-state index in [2.05, 4.69) is 0 Å². The molecule has 1 aromatic heterocycles. The highest BCUT2D eigenvalue weighted by atomic mass is 19.2. The third-order valence-corrected chi connectivity index (χ3v) is 2.10. The Labute approximate surface area is 76.6 Å². The molecule has 0 atom stereocenters. The monoisotopic (exact) mass is 203 g/mol. The molecule has 0 aliphatic rings. The average molecular weight is 203 g/mol. The van der Waals surface area contributed by atoms with Crippen LogP contribution in [0.2, 0.25) is 0 Å². The van der Waals surface area contributed by atoms with Crippen molar-refractivity contribution in [2.45, 2.75) is 0 Å². The van der Waals surface area contributed by atoms with Crippen LogP contribution < -0.4 is 0 Å². The van der Waals surface area contributed by atoms with E-state index in [-0.39, 0.29) is 10.9 Å². The molecule has 2 rings (SSSR count).